The van der Waals surface area contributed by atoms with Crippen LogP contribution in [0.4, 0.5) is 10.6 Å². The average Bonchev–Trinajstić information content (AvgIpc) is 0.976. The van der Waals surface area contributed by atoms with Crippen molar-refractivity contribution in [1.29, 1.82) is 0 Å². The van der Waals surface area contributed by atoms with Crippen LogP contribution in [0.2, 0.25) is 5.04 Å². The number of carbonyl (C=O) groups excluding carboxylic acids is 6. The molecule has 4 aromatic carbocycles. The number of aromatic nitrogens is 2. The van der Waals surface area contributed by atoms with Crippen molar-refractivity contribution >= 4 is 71.9 Å². The van der Waals surface area contributed by atoms with Crippen molar-refractivity contribution in [2.24, 2.45) is 17.8 Å². The van der Waals surface area contributed by atoms with Crippen LogP contribution >= 0.6 is 11.8 Å². The number of carbonyl (C=O) groups is 6. The van der Waals surface area contributed by atoms with Gasteiger partial charge in [0.05, 0.1) is 43.7 Å². The Kier molecular flexibility index (Phi) is 28.9. The molecule has 0 aliphatic carbocycles. The van der Waals surface area contributed by atoms with Crippen molar-refractivity contribution in [3.63, 3.8) is 0 Å². The number of phenols is 1. The van der Waals surface area contributed by atoms with Gasteiger partial charge in [-0.05, 0) is 95.1 Å². The fourth-order valence-corrected chi connectivity index (χ4v) is 16.8. The number of aromatic hydroxyl groups is 1. The minimum absolute atomic E-state index is 0.00588. The molecule has 6 rings (SSSR count). The summed E-state index contributed by atoms with van der Waals surface area (Å²) in [5.74, 6) is -2.63. The molecule has 1 fully saturated rings. The highest BCUT2D eigenvalue weighted by atomic mass is 32.2. The number of benzene rings is 4. The summed E-state index contributed by atoms with van der Waals surface area (Å²) in [5, 5.41) is 54.4. The molecule has 1 saturated heterocycles. The van der Waals surface area contributed by atoms with E-state index in [1.54, 1.807) is 74.3 Å². The number of amides is 6. The first-order valence-corrected chi connectivity index (χ1v) is 35.1. The van der Waals surface area contributed by atoms with E-state index < -0.39 is 111 Å². The monoisotopic (exact) mass is 1320 g/mol. The highest BCUT2D eigenvalue weighted by molar-refractivity contribution is 8.00. The number of nitrogens with one attached hydrogen (secondary N) is 7. The van der Waals surface area contributed by atoms with Crippen LogP contribution in [-0.4, -0.2) is 142 Å². The standard InChI is InChI=1S/C69H97N9O13SSi/c1-44(2)36-53(56(80)39-59(82)71-34-21-20-33-70-58-32-35-78(67(87)76-58)61-43-92-62(91-61)42-90-93(69(8,9)10,51-24-16-12-17-25-51)52-26-18-13-19-27-52)73-64(84)47(7)72-60(83)40-57(81)54(37-45(3)4)74-66(86)63(46(5)6)77-65(85)55(38-48-28-30-50(79)31-29-48)75-68(88)89-41-49-22-14-11-15-23-49/h11-19,22-32,35,44-47,53-57,61-63,79-81H,20-21,33-34,36-43H2,1-10H3,(H,71,82)(H,72,83)(H,73,84)(H,74,86)(H,75,88)(H,77,85)(H,70,76,87)/t47-,53-,54-,55-,56-,57-,61+,62-,63-/m0/s1. The maximum atomic E-state index is 14.1. The summed E-state index contributed by atoms with van der Waals surface area (Å²) < 4.78 is 20.4. The molecule has 1 aliphatic rings. The van der Waals surface area contributed by atoms with E-state index in [0.717, 1.165) is 5.56 Å². The van der Waals surface area contributed by atoms with E-state index in [1.807, 2.05) is 45.9 Å². The van der Waals surface area contributed by atoms with E-state index in [9.17, 15) is 48.9 Å². The highest BCUT2D eigenvalue weighted by Crippen LogP contribution is 2.39. The smallest absolute Gasteiger partial charge is 0.408 e. The number of thioether (sulfide) groups is 1. The van der Waals surface area contributed by atoms with E-state index in [4.69, 9.17) is 13.9 Å². The van der Waals surface area contributed by atoms with Crippen molar-refractivity contribution in [1.82, 2.24) is 41.5 Å². The van der Waals surface area contributed by atoms with E-state index in [-0.39, 0.29) is 53.9 Å². The van der Waals surface area contributed by atoms with Gasteiger partial charge >= 0.3 is 11.8 Å². The second-order valence-electron chi connectivity index (χ2n) is 26.0. The Morgan fingerprint density at radius 1 is 0.677 bits per heavy atom. The molecular formula is C69H97N9O13SSi. The molecule has 24 heteroatoms. The van der Waals surface area contributed by atoms with Crippen LogP contribution in [0, 0.1) is 17.8 Å². The quantitative estimate of drug-likeness (QED) is 0.0160. The number of rotatable bonds is 35. The maximum Gasteiger partial charge on any atom is 0.408 e. The fraction of sp³-hybridized carbons (Fsp3) is 0.507. The van der Waals surface area contributed by atoms with Gasteiger partial charge in [-0.3, -0.25) is 28.5 Å². The number of hydrogen-bond acceptors (Lipinski definition) is 16. The minimum Gasteiger partial charge on any atom is -0.508 e. The molecule has 5 aromatic rings. The lowest BCUT2D eigenvalue weighted by atomic mass is 9.95. The van der Waals surface area contributed by atoms with Crippen LogP contribution in [0.25, 0.3) is 0 Å². The summed E-state index contributed by atoms with van der Waals surface area (Å²) in [4.78, 5) is 98.7. The third kappa shape index (κ3) is 23.1. The van der Waals surface area contributed by atoms with Gasteiger partial charge < -0.3 is 66.4 Å². The summed E-state index contributed by atoms with van der Waals surface area (Å²) >= 11 is 1.61. The molecule has 0 saturated carbocycles. The van der Waals surface area contributed by atoms with Gasteiger partial charge in [-0.15, -0.1) is 11.8 Å². The summed E-state index contributed by atoms with van der Waals surface area (Å²) in [7, 11) is -2.78. The predicted octanol–water partition coefficient (Wildman–Crippen LogP) is 6.17. The number of hydrogen-bond donors (Lipinski definition) is 10. The van der Waals surface area contributed by atoms with Gasteiger partial charge in [0.2, 0.25) is 29.5 Å². The molecule has 0 spiro atoms. The molecule has 2 heterocycles. The zero-order chi connectivity index (χ0) is 67.8. The third-order valence-corrected chi connectivity index (χ3v) is 22.1. The van der Waals surface area contributed by atoms with Crippen LogP contribution in [0.5, 0.6) is 5.75 Å². The number of aliphatic hydroxyl groups excluding tert-OH is 2. The van der Waals surface area contributed by atoms with Crippen LogP contribution in [-0.2, 0) is 50.9 Å². The number of alkyl carbamates (subject to hydrolysis) is 1. The Labute approximate surface area is 552 Å². The topological polar surface area (TPSA) is 310 Å². The molecule has 9 atom stereocenters. The van der Waals surface area contributed by atoms with Crippen molar-refractivity contribution in [3.8, 4) is 5.75 Å². The fourth-order valence-electron chi connectivity index (χ4n) is 11.2. The Morgan fingerprint density at radius 2 is 1.24 bits per heavy atom. The lowest BCUT2D eigenvalue weighted by Crippen LogP contribution is -2.67. The SMILES string of the molecule is CC(C)C[C@H](NC(=O)[C@H](C)NC(=O)C[C@H](O)[C@H](CC(C)C)NC(=O)[C@@H](NC(=O)[C@H](Cc1ccc(O)cc1)NC(=O)OCc1ccccc1)C(C)C)[C@@H](O)CC(=O)NCCCCNc1ccn([C@H]2CS[C@@H](CO[Si](c3ccccc3)(c3ccccc3)C(C)(C)C)O2)c(=O)n1. The molecule has 1 aliphatic heterocycles. The molecule has 0 radical (unpaired) electrons. The summed E-state index contributed by atoms with van der Waals surface area (Å²) in [6, 6.07) is 32.4. The Bertz CT molecular complexity index is 3190. The van der Waals surface area contributed by atoms with Gasteiger partial charge in [0.25, 0.3) is 8.32 Å². The molecule has 0 bridgehead atoms. The zero-order valence-corrected chi connectivity index (χ0v) is 57.1. The van der Waals surface area contributed by atoms with E-state index in [2.05, 4.69) is 112 Å². The van der Waals surface area contributed by atoms with Gasteiger partial charge in [-0.2, -0.15) is 4.98 Å². The highest BCUT2D eigenvalue weighted by Gasteiger charge is 2.51. The maximum absolute atomic E-state index is 14.1. The molecule has 0 unspecified atom stereocenters. The van der Waals surface area contributed by atoms with Gasteiger partial charge in [0, 0.05) is 31.5 Å². The van der Waals surface area contributed by atoms with Crippen LogP contribution in [0.15, 0.2) is 132 Å². The Morgan fingerprint density at radius 3 is 1.80 bits per heavy atom. The number of aliphatic hydroxyl groups is 2. The number of nitrogens with zero attached hydrogens (tertiary/aromatic N) is 2. The van der Waals surface area contributed by atoms with Gasteiger partial charge in [0.1, 0.15) is 48.0 Å². The van der Waals surface area contributed by atoms with Crippen molar-refractivity contribution in [3.05, 3.63) is 149 Å². The number of unbranched alkanes of at least 4 members (excludes halogenated alkanes) is 1. The first-order chi connectivity index (χ1) is 44.2. The molecule has 93 heavy (non-hydrogen) atoms. The van der Waals surface area contributed by atoms with Crippen molar-refractivity contribution in [2.45, 2.75) is 180 Å². The number of ether oxygens (including phenoxy) is 2. The summed E-state index contributed by atoms with van der Waals surface area (Å²) in [5.41, 5.74) is 0.596. The Balaban J connectivity index is 0.925. The lowest BCUT2D eigenvalue weighted by molar-refractivity contribution is -0.133. The molecule has 506 valence electrons. The third-order valence-electron chi connectivity index (χ3n) is 16.0. The van der Waals surface area contributed by atoms with Gasteiger partial charge in [-0.1, -0.05) is 165 Å². The second-order valence-corrected chi connectivity index (χ2v) is 31.5. The largest absolute Gasteiger partial charge is 0.508 e. The normalized spacial score (nSPS) is 16.5. The van der Waals surface area contributed by atoms with Crippen molar-refractivity contribution < 1.29 is 58.0 Å². The zero-order valence-electron chi connectivity index (χ0n) is 55.3. The molecular weight excluding hydrogens is 1220 g/mol. The van der Waals surface area contributed by atoms with Crippen LogP contribution < -0.4 is 53.3 Å². The van der Waals surface area contributed by atoms with Crippen LogP contribution in [0.1, 0.15) is 125 Å². The number of anilines is 1. The lowest BCUT2D eigenvalue weighted by Gasteiger charge is -2.43. The molecule has 1 aromatic heterocycles. The first kappa shape index (κ1) is 74.4. The molecule has 22 nitrogen and oxygen atoms in total. The van der Waals surface area contributed by atoms with Gasteiger partial charge in [0.15, 0.2) is 0 Å². The molecule has 10 N–H and O–H groups in total. The Hall–Kier alpha value is -7.61. The molecule has 6 amide bonds. The minimum atomic E-state index is -2.78. The predicted molar refractivity (Wildman–Crippen MR) is 363 cm³/mol. The summed E-state index contributed by atoms with van der Waals surface area (Å²) in [6.45, 7) is 20.2. The van der Waals surface area contributed by atoms with E-state index in [1.165, 1.54) is 34.0 Å². The van der Waals surface area contributed by atoms with E-state index >= 15 is 0 Å². The summed E-state index contributed by atoms with van der Waals surface area (Å²) in [6.07, 6.45) is -1.44. The second kappa shape index (κ2) is 36.2. The number of phenolic OH excluding ortho intramolecular Hbond substituents is 1. The van der Waals surface area contributed by atoms with Gasteiger partial charge in [-0.25, -0.2) is 9.59 Å². The van der Waals surface area contributed by atoms with Crippen LogP contribution in [0.3, 0.4) is 0 Å². The van der Waals surface area contributed by atoms with Crippen molar-refractivity contribution in [2.75, 3.05) is 30.8 Å². The first-order valence-electron chi connectivity index (χ1n) is 32.2. The average molecular weight is 1320 g/mol. The van der Waals surface area contributed by atoms with E-state index in [0.29, 0.717) is 56.1 Å².